The molecule has 7 heteroatoms. The molecular weight excluding hydrogens is 404 g/mol. The Kier molecular flexibility index (Phi) is 5.75. The number of carbonyl (C=O) groups excluding carboxylic acids is 3. The Hall–Kier alpha value is -3.22. The van der Waals surface area contributed by atoms with Gasteiger partial charge in [0.1, 0.15) is 11.6 Å². The van der Waals surface area contributed by atoms with Crippen molar-refractivity contribution in [3.8, 4) is 11.1 Å². The van der Waals surface area contributed by atoms with E-state index in [1.165, 1.54) is 0 Å². The first-order valence-corrected chi connectivity index (χ1v) is 11.2. The number of aromatic nitrogens is 1. The topological polar surface area (TPSA) is 82.6 Å². The van der Waals surface area contributed by atoms with Gasteiger partial charge in [-0.25, -0.2) is 9.69 Å². The Morgan fingerprint density at radius 2 is 1.88 bits per heavy atom. The number of hydrogen-bond acceptors (Lipinski definition) is 4. The maximum absolute atomic E-state index is 13.3. The number of hydrogen-bond donors (Lipinski definition) is 1. The number of rotatable bonds is 4. The van der Waals surface area contributed by atoms with Crippen LogP contribution >= 0.6 is 0 Å². The Bertz CT molecular complexity index is 1050. The molecular formula is C25H30N4O3. The van der Waals surface area contributed by atoms with Gasteiger partial charge in [-0.05, 0) is 63.8 Å². The highest BCUT2D eigenvalue weighted by atomic mass is 16.2. The standard InChI is InChI=1S/C25H30N4O3/c1-16-13-20(18-9-6-5-7-10-18)14-21(26-16)19-11-8-12-28(15-19)22(30)17(2)29-23(31)25(3,4)27-24(29)32/h5-7,9-10,13-14,17,19H,8,11-12,15H2,1-4H3,(H,27,32)/t17-,19-/m0/s1. The summed E-state index contributed by atoms with van der Waals surface area (Å²) in [7, 11) is 0. The van der Waals surface area contributed by atoms with Crippen LogP contribution in [0.4, 0.5) is 4.79 Å². The largest absolute Gasteiger partial charge is 0.340 e. The van der Waals surface area contributed by atoms with E-state index in [2.05, 4.69) is 29.6 Å². The lowest BCUT2D eigenvalue weighted by Crippen LogP contribution is -2.52. The summed E-state index contributed by atoms with van der Waals surface area (Å²) in [4.78, 5) is 45.8. The summed E-state index contributed by atoms with van der Waals surface area (Å²) >= 11 is 0. The number of nitrogens with one attached hydrogen (secondary N) is 1. The van der Waals surface area contributed by atoms with Crippen LogP contribution in [0.2, 0.25) is 0 Å². The van der Waals surface area contributed by atoms with E-state index in [1.807, 2.05) is 25.1 Å². The van der Waals surface area contributed by atoms with Gasteiger partial charge in [0.2, 0.25) is 5.91 Å². The van der Waals surface area contributed by atoms with E-state index in [4.69, 9.17) is 4.98 Å². The summed E-state index contributed by atoms with van der Waals surface area (Å²) in [6.07, 6.45) is 1.80. The monoisotopic (exact) mass is 434 g/mol. The van der Waals surface area contributed by atoms with Crippen LogP contribution in [0.15, 0.2) is 42.5 Å². The molecule has 7 nitrogen and oxygen atoms in total. The minimum absolute atomic E-state index is 0.113. The predicted octanol–water partition coefficient (Wildman–Crippen LogP) is 3.48. The van der Waals surface area contributed by atoms with Crippen molar-refractivity contribution in [1.29, 1.82) is 0 Å². The quantitative estimate of drug-likeness (QED) is 0.747. The van der Waals surface area contributed by atoms with Crippen molar-refractivity contribution in [3.05, 3.63) is 53.9 Å². The van der Waals surface area contributed by atoms with Crippen molar-refractivity contribution >= 4 is 17.8 Å². The first-order chi connectivity index (χ1) is 15.2. The lowest BCUT2D eigenvalue weighted by Gasteiger charge is -2.35. The van der Waals surface area contributed by atoms with Crippen molar-refractivity contribution in [1.82, 2.24) is 20.1 Å². The molecule has 3 heterocycles. The molecule has 2 saturated heterocycles. The second kappa shape index (κ2) is 8.37. The van der Waals surface area contributed by atoms with Gasteiger partial charge in [0.25, 0.3) is 5.91 Å². The first kappa shape index (κ1) is 22.0. The summed E-state index contributed by atoms with van der Waals surface area (Å²) in [5, 5.41) is 2.65. The molecule has 1 N–H and O–H groups in total. The number of carbonyl (C=O) groups is 3. The number of likely N-dealkylation sites (tertiary alicyclic amines) is 1. The highest BCUT2D eigenvalue weighted by Crippen LogP contribution is 2.30. The van der Waals surface area contributed by atoms with E-state index in [0.29, 0.717) is 13.1 Å². The average molecular weight is 435 g/mol. The predicted molar refractivity (Wildman–Crippen MR) is 122 cm³/mol. The smallest absolute Gasteiger partial charge is 0.325 e. The Labute approximate surface area is 188 Å². The molecule has 1 aromatic carbocycles. The SMILES string of the molecule is Cc1cc(-c2ccccc2)cc([C@H]2CCCN(C(=O)[C@H](C)N3C(=O)NC(C)(C)C3=O)C2)n1. The summed E-state index contributed by atoms with van der Waals surface area (Å²) < 4.78 is 0. The fourth-order valence-corrected chi connectivity index (χ4v) is 4.62. The van der Waals surface area contributed by atoms with Crippen LogP contribution in [0, 0.1) is 6.92 Å². The van der Waals surface area contributed by atoms with Crippen LogP contribution in [-0.2, 0) is 9.59 Å². The zero-order valence-corrected chi connectivity index (χ0v) is 19.1. The number of amides is 4. The maximum atomic E-state index is 13.3. The normalized spacial score (nSPS) is 21.4. The fourth-order valence-electron chi connectivity index (χ4n) is 4.62. The molecule has 2 atom stereocenters. The third kappa shape index (κ3) is 4.11. The van der Waals surface area contributed by atoms with Gasteiger partial charge in [-0.15, -0.1) is 0 Å². The molecule has 168 valence electrons. The molecule has 0 saturated carbocycles. The van der Waals surface area contributed by atoms with Gasteiger partial charge in [0.05, 0.1) is 0 Å². The third-order valence-electron chi connectivity index (χ3n) is 6.37. The molecule has 4 rings (SSSR count). The van der Waals surface area contributed by atoms with Gasteiger partial charge in [0.15, 0.2) is 0 Å². The number of pyridine rings is 1. The van der Waals surface area contributed by atoms with E-state index in [9.17, 15) is 14.4 Å². The second-order valence-corrected chi connectivity index (χ2v) is 9.32. The summed E-state index contributed by atoms with van der Waals surface area (Å²) in [5.74, 6) is -0.460. The number of imide groups is 1. The molecule has 2 fully saturated rings. The van der Waals surface area contributed by atoms with E-state index in [-0.39, 0.29) is 17.7 Å². The molecule has 2 aliphatic heterocycles. The minimum atomic E-state index is -0.991. The van der Waals surface area contributed by atoms with Gasteiger partial charge >= 0.3 is 6.03 Å². The van der Waals surface area contributed by atoms with Gasteiger partial charge < -0.3 is 10.2 Å². The van der Waals surface area contributed by atoms with Gasteiger partial charge in [-0.1, -0.05) is 30.3 Å². The lowest BCUT2D eigenvalue weighted by molar-refractivity contribution is -0.143. The van der Waals surface area contributed by atoms with Crippen molar-refractivity contribution in [3.63, 3.8) is 0 Å². The van der Waals surface area contributed by atoms with E-state index < -0.39 is 17.6 Å². The number of urea groups is 1. The Morgan fingerprint density at radius 3 is 2.53 bits per heavy atom. The van der Waals surface area contributed by atoms with E-state index >= 15 is 0 Å². The van der Waals surface area contributed by atoms with Crippen LogP contribution in [0.25, 0.3) is 11.1 Å². The molecule has 4 amide bonds. The number of nitrogens with zero attached hydrogens (tertiary/aromatic N) is 3. The molecule has 0 aliphatic carbocycles. The molecule has 0 radical (unpaired) electrons. The molecule has 32 heavy (non-hydrogen) atoms. The van der Waals surface area contributed by atoms with Crippen molar-refractivity contribution < 1.29 is 14.4 Å². The van der Waals surface area contributed by atoms with Crippen molar-refractivity contribution in [2.75, 3.05) is 13.1 Å². The molecule has 0 spiro atoms. The number of benzene rings is 1. The van der Waals surface area contributed by atoms with Crippen LogP contribution in [-0.4, -0.2) is 57.3 Å². The zero-order valence-electron chi connectivity index (χ0n) is 19.1. The van der Waals surface area contributed by atoms with E-state index in [1.54, 1.807) is 25.7 Å². The maximum Gasteiger partial charge on any atom is 0.325 e. The van der Waals surface area contributed by atoms with Crippen LogP contribution in [0.3, 0.4) is 0 Å². The molecule has 2 aliphatic rings. The lowest BCUT2D eigenvalue weighted by atomic mass is 9.92. The number of piperidine rings is 1. The van der Waals surface area contributed by atoms with Gasteiger partial charge in [0, 0.05) is 30.4 Å². The fraction of sp³-hybridized carbons (Fsp3) is 0.440. The average Bonchev–Trinajstić information content (AvgIpc) is 2.99. The van der Waals surface area contributed by atoms with Crippen LogP contribution in [0.1, 0.15) is 50.9 Å². The number of aryl methyl sites for hydroxylation is 1. The van der Waals surface area contributed by atoms with Crippen LogP contribution < -0.4 is 5.32 Å². The molecule has 0 bridgehead atoms. The van der Waals surface area contributed by atoms with Crippen molar-refractivity contribution in [2.45, 2.75) is 58.0 Å². The van der Waals surface area contributed by atoms with Gasteiger partial charge in [-0.2, -0.15) is 0 Å². The minimum Gasteiger partial charge on any atom is -0.340 e. The Morgan fingerprint density at radius 1 is 1.16 bits per heavy atom. The van der Waals surface area contributed by atoms with Crippen molar-refractivity contribution in [2.24, 2.45) is 0 Å². The van der Waals surface area contributed by atoms with Gasteiger partial charge in [-0.3, -0.25) is 14.6 Å². The highest BCUT2D eigenvalue weighted by molar-refractivity contribution is 6.09. The summed E-state index contributed by atoms with van der Waals surface area (Å²) in [6.45, 7) is 8.06. The zero-order chi connectivity index (χ0) is 23.0. The second-order valence-electron chi connectivity index (χ2n) is 9.32. The van der Waals surface area contributed by atoms with Crippen LogP contribution in [0.5, 0.6) is 0 Å². The molecule has 0 unspecified atom stereocenters. The molecule has 1 aromatic heterocycles. The summed E-state index contributed by atoms with van der Waals surface area (Å²) in [5.41, 5.74) is 3.18. The summed E-state index contributed by atoms with van der Waals surface area (Å²) in [6, 6.07) is 13.0. The third-order valence-corrected chi connectivity index (χ3v) is 6.37. The Balaban J connectivity index is 1.53. The highest BCUT2D eigenvalue weighted by Gasteiger charge is 2.48. The molecule has 2 aromatic rings. The first-order valence-electron chi connectivity index (χ1n) is 11.2. The van der Waals surface area contributed by atoms with E-state index in [0.717, 1.165) is 40.3 Å².